The largest absolute Gasteiger partial charge is 0.437 e. The zero-order chi connectivity index (χ0) is 15.6. The van der Waals surface area contributed by atoms with Crippen molar-refractivity contribution in [1.29, 1.82) is 0 Å². The molecule has 0 aliphatic rings. The van der Waals surface area contributed by atoms with Crippen LogP contribution in [0.5, 0.6) is 11.6 Å². The summed E-state index contributed by atoms with van der Waals surface area (Å²) in [6, 6.07) is 5.38. The van der Waals surface area contributed by atoms with E-state index in [1.807, 2.05) is 0 Å². The molecule has 0 unspecified atom stereocenters. The number of carbonyl (C=O) groups excluding carboxylic acids is 1. The molecule has 6 nitrogen and oxygen atoms in total. The van der Waals surface area contributed by atoms with Gasteiger partial charge in [-0.05, 0) is 13.0 Å². The minimum Gasteiger partial charge on any atom is -0.437 e. The third-order valence-electron chi connectivity index (χ3n) is 2.62. The summed E-state index contributed by atoms with van der Waals surface area (Å²) in [6.07, 6.45) is 0.576. The Labute approximate surface area is 129 Å². The van der Waals surface area contributed by atoms with Crippen LogP contribution in [-0.2, 0) is 0 Å². The fourth-order valence-corrected chi connectivity index (χ4v) is 2.01. The summed E-state index contributed by atoms with van der Waals surface area (Å²) in [5.41, 5.74) is 0.342. The van der Waals surface area contributed by atoms with Crippen LogP contribution in [0.4, 0.5) is 5.69 Å². The van der Waals surface area contributed by atoms with E-state index >= 15 is 0 Å². The van der Waals surface area contributed by atoms with Crippen molar-refractivity contribution in [1.82, 2.24) is 4.98 Å². The number of halogens is 2. The van der Waals surface area contributed by atoms with Crippen molar-refractivity contribution in [3.63, 3.8) is 0 Å². The molecule has 1 aromatic carbocycles. The quantitative estimate of drug-likeness (QED) is 0.477. The normalized spacial score (nSPS) is 10.2. The molecule has 0 amide bonds. The van der Waals surface area contributed by atoms with E-state index in [1.165, 1.54) is 31.2 Å². The van der Waals surface area contributed by atoms with Crippen LogP contribution in [0, 0.1) is 17.0 Å². The molecule has 0 bridgehead atoms. The maximum atomic E-state index is 10.7. The van der Waals surface area contributed by atoms with Crippen LogP contribution >= 0.6 is 23.2 Å². The Balaban J connectivity index is 2.34. The molecule has 1 aromatic heterocycles. The van der Waals surface area contributed by atoms with Crippen molar-refractivity contribution in [2.45, 2.75) is 6.92 Å². The Morgan fingerprint density at radius 1 is 1.29 bits per heavy atom. The standard InChI is InChI=1S/C13H8Cl2N2O4/c1-7-11(17(19)20)2-3-13(16-7)21-12-5-9(14)8(6-18)4-10(12)15/h2-6H,1H3. The van der Waals surface area contributed by atoms with Gasteiger partial charge in [-0.3, -0.25) is 14.9 Å². The van der Waals surface area contributed by atoms with Gasteiger partial charge in [-0.25, -0.2) is 4.98 Å². The second kappa shape index (κ2) is 6.07. The predicted molar refractivity (Wildman–Crippen MR) is 77.6 cm³/mol. The first kappa shape index (κ1) is 15.2. The van der Waals surface area contributed by atoms with Gasteiger partial charge in [-0.2, -0.15) is 0 Å². The first-order valence-electron chi connectivity index (χ1n) is 5.66. The summed E-state index contributed by atoms with van der Waals surface area (Å²) in [7, 11) is 0. The van der Waals surface area contributed by atoms with Crippen molar-refractivity contribution in [3.8, 4) is 11.6 Å². The zero-order valence-corrected chi connectivity index (χ0v) is 12.2. The Morgan fingerprint density at radius 2 is 2.00 bits per heavy atom. The van der Waals surface area contributed by atoms with E-state index in [9.17, 15) is 14.9 Å². The molecule has 0 atom stereocenters. The topological polar surface area (TPSA) is 82.3 Å². The van der Waals surface area contributed by atoms with Gasteiger partial charge in [0.2, 0.25) is 5.88 Å². The minimum absolute atomic E-state index is 0.109. The molecule has 0 fully saturated rings. The van der Waals surface area contributed by atoms with Crippen LogP contribution < -0.4 is 4.74 Å². The van der Waals surface area contributed by atoms with Crippen LogP contribution in [0.2, 0.25) is 10.0 Å². The molecule has 0 aliphatic carbocycles. The lowest BCUT2D eigenvalue weighted by molar-refractivity contribution is -0.385. The third kappa shape index (κ3) is 3.29. The number of hydrogen-bond acceptors (Lipinski definition) is 5. The van der Waals surface area contributed by atoms with Gasteiger partial charge in [0, 0.05) is 23.8 Å². The number of nitrogens with zero attached hydrogens (tertiary/aromatic N) is 2. The first-order valence-corrected chi connectivity index (χ1v) is 6.42. The predicted octanol–water partition coefficient (Wildman–Crippen LogP) is 4.21. The lowest BCUT2D eigenvalue weighted by atomic mass is 10.2. The van der Waals surface area contributed by atoms with Gasteiger partial charge in [0.1, 0.15) is 11.4 Å². The average molecular weight is 327 g/mol. The maximum absolute atomic E-state index is 10.7. The average Bonchev–Trinajstić information content (AvgIpc) is 2.42. The molecule has 0 saturated carbocycles. The second-order valence-electron chi connectivity index (χ2n) is 4.04. The van der Waals surface area contributed by atoms with Crippen molar-refractivity contribution in [2.24, 2.45) is 0 Å². The molecule has 21 heavy (non-hydrogen) atoms. The van der Waals surface area contributed by atoms with Crippen LogP contribution in [0.1, 0.15) is 16.1 Å². The Bertz CT molecular complexity index is 734. The first-order chi connectivity index (χ1) is 9.92. The fourth-order valence-electron chi connectivity index (χ4n) is 1.61. The van der Waals surface area contributed by atoms with Crippen LogP contribution in [0.25, 0.3) is 0 Å². The molecule has 8 heteroatoms. The second-order valence-corrected chi connectivity index (χ2v) is 4.85. The summed E-state index contributed by atoms with van der Waals surface area (Å²) in [6.45, 7) is 1.50. The van der Waals surface area contributed by atoms with E-state index in [2.05, 4.69) is 4.98 Å². The molecule has 0 saturated heterocycles. The number of ether oxygens (including phenoxy) is 1. The molecule has 2 aromatic rings. The van der Waals surface area contributed by atoms with Crippen LogP contribution in [0.15, 0.2) is 24.3 Å². The van der Waals surface area contributed by atoms with Gasteiger partial charge in [-0.1, -0.05) is 23.2 Å². The van der Waals surface area contributed by atoms with Gasteiger partial charge >= 0.3 is 0 Å². The highest BCUT2D eigenvalue weighted by Gasteiger charge is 2.14. The smallest absolute Gasteiger partial charge is 0.290 e. The van der Waals surface area contributed by atoms with Gasteiger partial charge in [0.25, 0.3) is 5.69 Å². The van der Waals surface area contributed by atoms with Crippen molar-refractivity contribution in [2.75, 3.05) is 0 Å². The number of rotatable bonds is 4. The fraction of sp³-hybridized carbons (Fsp3) is 0.0769. The van der Waals surface area contributed by atoms with Crippen molar-refractivity contribution >= 4 is 35.2 Å². The molecule has 1 heterocycles. The summed E-state index contributed by atoms with van der Waals surface area (Å²) in [4.78, 5) is 24.9. The highest BCUT2D eigenvalue weighted by molar-refractivity contribution is 6.36. The Morgan fingerprint density at radius 3 is 2.57 bits per heavy atom. The molecular weight excluding hydrogens is 319 g/mol. The lowest BCUT2D eigenvalue weighted by Gasteiger charge is -2.08. The summed E-state index contributed by atoms with van der Waals surface area (Å²) in [5.74, 6) is 0.336. The number of aldehydes is 1. The van der Waals surface area contributed by atoms with Gasteiger partial charge in [0.15, 0.2) is 6.29 Å². The van der Waals surface area contributed by atoms with E-state index in [0.29, 0.717) is 6.29 Å². The number of aryl methyl sites for hydroxylation is 1. The van der Waals surface area contributed by atoms with Crippen molar-refractivity contribution in [3.05, 3.63) is 55.7 Å². The molecule has 0 spiro atoms. The Hall–Kier alpha value is -2.18. The minimum atomic E-state index is -0.533. The van der Waals surface area contributed by atoms with Gasteiger partial charge in [0.05, 0.1) is 15.0 Å². The highest BCUT2D eigenvalue weighted by atomic mass is 35.5. The van der Waals surface area contributed by atoms with E-state index < -0.39 is 4.92 Å². The van der Waals surface area contributed by atoms with Crippen molar-refractivity contribution < 1.29 is 14.5 Å². The van der Waals surface area contributed by atoms with E-state index in [1.54, 1.807) is 0 Å². The zero-order valence-electron chi connectivity index (χ0n) is 10.7. The van der Waals surface area contributed by atoms with E-state index in [0.717, 1.165) is 0 Å². The summed E-state index contributed by atoms with van der Waals surface area (Å²) >= 11 is 11.9. The van der Waals surface area contributed by atoms with Crippen LogP contribution in [0.3, 0.4) is 0 Å². The van der Waals surface area contributed by atoms with Gasteiger partial charge in [-0.15, -0.1) is 0 Å². The number of benzene rings is 1. The molecule has 108 valence electrons. The van der Waals surface area contributed by atoms with E-state index in [4.69, 9.17) is 27.9 Å². The Kier molecular flexibility index (Phi) is 4.40. The number of hydrogen-bond donors (Lipinski definition) is 0. The number of carbonyl (C=O) groups is 1. The maximum Gasteiger partial charge on any atom is 0.290 e. The highest BCUT2D eigenvalue weighted by Crippen LogP contribution is 2.33. The molecular formula is C13H8Cl2N2O4. The lowest BCUT2D eigenvalue weighted by Crippen LogP contribution is -1.97. The molecule has 0 aliphatic heterocycles. The number of nitro groups is 1. The SMILES string of the molecule is Cc1nc(Oc2cc(Cl)c(C=O)cc2Cl)ccc1[N+](=O)[O-]. The van der Waals surface area contributed by atoms with Crippen LogP contribution in [-0.4, -0.2) is 16.2 Å². The monoisotopic (exact) mass is 326 g/mol. The molecule has 2 rings (SSSR count). The molecule has 0 radical (unpaired) electrons. The molecule has 0 N–H and O–H groups in total. The van der Waals surface area contributed by atoms with E-state index in [-0.39, 0.29) is 38.6 Å². The number of aromatic nitrogens is 1. The third-order valence-corrected chi connectivity index (χ3v) is 3.24. The number of pyridine rings is 1. The summed E-state index contributed by atoms with van der Waals surface area (Å²) < 4.78 is 5.44. The van der Waals surface area contributed by atoms with Gasteiger partial charge < -0.3 is 4.74 Å². The summed E-state index contributed by atoms with van der Waals surface area (Å²) in [5, 5.41) is 11.1.